The highest BCUT2D eigenvalue weighted by atomic mass is 35.5. The molecule has 0 bridgehead atoms. The van der Waals surface area contributed by atoms with E-state index < -0.39 is 0 Å². The molecule has 130 valence electrons. The molecule has 1 amide bonds. The Balaban J connectivity index is 0.00000264. The van der Waals surface area contributed by atoms with E-state index in [-0.39, 0.29) is 35.8 Å². The quantitative estimate of drug-likeness (QED) is 0.706. The lowest BCUT2D eigenvalue weighted by Crippen LogP contribution is -2.35. The standard InChI is InChI=1S/C17H26N2O2S.ClH/c1-17(2,3)13-4-6-14(7-5-13)22-11-16(21)19-9-12-8-18-10-15(12)20;/h4-7,12,15,18,20H,8-11H2,1-3H3,(H,19,21);1H. The summed E-state index contributed by atoms with van der Waals surface area (Å²) in [4.78, 5) is 13.0. The summed E-state index contributed by atoms with van der Waals surface area (Å²) in [6.07, 6.45) is -0.349. The van der Waals surface area contributed by atoms with E-state index in [4.69, 9.17) is 0 Å². The van der Waals surface area contributed by atoms with Crippen LogP contribution in [0.25, 0.3) is 0 Å². The van der Waals surface area contributed by atoms with Gasteiger partial charge in [0, 0.05) is 30.4 Å². The van der Waals surface area contributed by atoms with Crippen molar-refractivity contribution < 1.29 is 9.90 Å². The number of aliphatic hydroxyl groups is 1. The van der Waals surface area contributed by atoms with Gasteiger partial charge >= 0.3 is 0 Å². The molecule has 23 heavy (non-hydrogen) atoms. The number of carbonyl (C=O) groups is 1. The molecule has 1 fully saturated rings. The third kappa shape index (κ3) is 6.34. The number of aliphatic hydroxyl groups excluding tert-OH is 1. The molecule has 6 heteroatoms. The minimum absolute atomic E-state index is 0. The van der Waals surface area contributed by atoms with Gasteiger partial charge in [-0.05, 0) is 23.1 Å². The van der Waals surface area contributed by atoms with Crippen LogP contribution in [-0.2, 0) is 10.2 Å². The second-order valence-corrected chi connectivity index (χ2v) is 7.90. The second kappa shape index (κ2) is 8.92. The molecule has 1 aromatic carbocycles. The van der Waals surface area contributed by atoms with Crippen LogP contribution in [0.15, 0.2) is 29.2 Å². The molecule has 0 radical (unpaired) electrons. The van der Waals surface area contributed by atoms with Gasteiger partial charge in [-0.3, -0.25) is 4.79 Å². The van der Waals surface area contributed by atoms with Crippen molar-refractivity contribution in [1.29, 1.82) is 0 Å². The Morgan fingerprint density at radius 2 is 1.96 bits per heavy atom. The Morgan fingerprint density at radius 1 is 1.30 bits per heavy atom. The van der Waals surface area contributed by atoms with Gasteiger partial charge in [0.25, 0.3) is 0 Å². The molecular formula is C17H27ClN2O2S. The third-order valence-corrected chi connectivity index (χ3v) is 4.97. The van der Waals surface area contributed by atoms with Gasteiger partial charge in [0.1, 0.15) is 0 Å². The molecule has 1 saturated heterocycles. The van der Waals surface area contributed by atoms with E-state index in [2.05, 4.69) is 55.7 Å². The van der Waals surface area contributed by atoms with E-state index in [9.17, 15) is 9.90 Å². The minimum atomic E-state index is -0.349. The van der Waals surface area contributed by atoms with Crippen molar-refractivity contribution in [3.8, 4) is 0 Å². The zero-order valence-corrected chi connectivity index (χ0v) is 15.6. The zero-order valence-electron chi connectivity index (χ0n) is 14.0. The summed E-state index contributed by atoms with van der Waals surface area (Å²) in [5.41, 5.74) is 1.44. The zero-order chi connectivity index (χ0) is 16.2. The number of hydrogen-bond donors (Lipinski definition) is 3. The van der Waals surface area contributed by atoms with E-state index in [0.717, 1.165) is 11.4 Å². The van der Waals surface area contributed by atoms with Gasteiger partial charge in [-0.15, -0.1) is 24.2 Å². The van der Waals surface area contributed by atoms with Crippen LogP contribution in [0.3, 0.4) is 0 Å². The van der Waals surface area contributed by atoms with Gasteiger partial charge in [0.15, 0.2) is 0 Å². The highest BCUT2D eigenvalue weighted by Crippen LogP contribution is 2.25. The maximum absolute atomic E-state index is 11.9. The second-order valence-electron chi connectivity index (χ2n) is 6.85. The fourth-order valence-corrected chi connectivity index (χ4v) is 3.15. The van der Waals surface area contributed by atoms with Crippen LogP contribution >= 0.6 is 24.2 Å². The Bertz CT molecular complexity index is 502. The fourth-order valence-electron chi connectivity index (χ4n) is 2.42. The predicted molar refractivity (Wildman–Crippen MR) is 98.5 cm³/mol. The summed E-state index contributed by atoms with van der Waals surface area (Å²) in [6.45, 7) is 8.49. The number of amides is 1. The molecule has 0 aromatic heterocycles. The SMILES string of the molecule is CC(C)(C)c1ccc(SCC(=O)NCC2CNCC2O)cc1.Cl. The average molecular weight is 359 g/mol. The summed E-state index contributed by atoms with van der Waals surface area (Å²) >= 11 is 1.54. The monoisotopic (exact) mass is 358 g/mol. The molecule has 1 aliphatic heterocycles. The highest BCUT2D eigenvalue weighted by Gasteiger charge is 2.24. The van der Waals surface area contributed by atoms with Crippen LogP contribution in [0.1, 0.15) is 26.3 Å². The van der Waals surface area contributed by atoms with Crippen LogP contribution < -0.4 is 10.6 Å². The number of carbonyl (C=O) groups excluding carboxylic acids is 1. The van der Waals surface area contributed by atoms with Crippen LogP contribution in [0.2, 0.25) is 0 Å². The summed E-state index contributed by atoms with van der Waals surface area (Å²) in [5.74, 6) is 0.550. The van der Waals surface area contributed by atoms with Crippen LogP contribution in [0.4, 0.5) is 0 Å². The number of rotatable bonds is 5. The van der Waals surface area contributed by atoms with Crippen LogP contribution in [0, 0.1) is 5.92 Å². The first-order valence-corrected chi connectivity index (χ1v) is 8.73. The summed E-state index contributed by atoms with van der Waals surface area (Å²) in [7, 11) is 0. The fraction of sp³-hybridized carbons (Fsp3) is 0.588. The van der Waals surface area contributed by atoms with Crippen molar-refractivity contribution >= 4 is 30.1 Å². The Labute approximate surface area is 149 Å². The van der Waals surface area contributed by atoms with Crippen molar-refractivity contribution in [2.45, 2.75) is 37.2 Å². The smallest absolute Gasteiger partial charge is 0.230 e. The minimum Gasteiger partial charge on any atom is -0.391 e. The van der Waals surface area contributed by atoms with Crippen molar-refractivity contribution in [3.05, 3.63) is 29.8 Å². The number of hydrogen-bond acceptors (Lipinski definition) is 4. The molecule has 0 saturated carbocycles. The highest BCUT2D eigenvalue weighted by molar-refractivity contribution is 8.00. The van der Waals surface area contributed by atoms with Crippen molar-refractivity contribution in [2.75, 3.05) is 25.4 Å². The maximum Gasteiger partial charge on any atom is 0.230 e. The molecule has 2 rings (SSSR count). The number of thioether (sulfide) groups is 1. The van der Waals surface area contributed by atoms with Gasteiger partial charge in [-0.25, -0.2) is 0 Å². The number of benzene rings is 1. The molecule has 4 nitrogen and oxygen atoms in total. The lowest BCUT2D eigenvalue weighted by molar-refractivity contribution is -0.118. The topological polar surface area (TPSA) is 61.4 Å². The molecule has 0 aliphatic carbocycles. The van der Waals surface area contributed by atoms with E-state index in [0.29, 0.717) is 18.8 Å². The van der Waals surface area contributed by atoms with E-state index in [1.54, 1.807) is 11.8 Å². The van der Waals surface area contributed by atoms with Gasteiger partial charge < -0.3 is 15.7 Å². The first-order valence-electron chi connectivity index (χ1n) is 7.75. The third-order valence-electron chi connectivity index (χ3n) is 3.96. The molecule has 1 heterocycles. The molecule has 2 atom stereocenters. The Kier molecular flexibility index (Phi) is 7.87. The molecule has 1 aliphatic rings. The lowest BCUT2D eigenvalue weighted by atomic mass is 9.87. The number of β-amino-alcohol motifs (C(OH)–C–C–N with tert-alkyl or cyclic N) is 1. The number of nitrogens with one attached hydrogen (secondary N) is 2. The first-order chi connectivity index (χ1) is 10.4. The van der Waals surface area contributed by atoms with Gasteiger partial charge in [0.05, 0.1) is 11.9 Å². The van der Waals surface area contributed by atoms with Crippen molar-refractivity contribution in [3.63, 3.8) is 0 Å². The summed E-state index contributed by atoms with van der Waals surface area (Å²) < 4.78 is 0. The first kappa shape index (κ1) is 20.3. The van der Waals surface area contributed by atoms with Crippen LogP contribution in [0.5, 0.6) is 0 Å². The number of halogens is 1. The lowest BCUT2D eigenvalue weighted by Gasteiger charge is -2.19. The van der Waals surface area contributed by atoms with E-state index >= 15 is 0 Å². The normalized spacial score (nSPS) is 20.9. The van der Waals surface area contributed by atoms with E-state index in [1.807, 2.05) is 0 Å². The van der Waals surface area contributed by atoms with Crippen molar-refractivity contribution in [2.24, 2.45) is 5.92 Å². The molecule has 1 aromatic rings. The summed E-state index contributed by atoms with van der Waals surface area (Å²) in [5, 5.41) is 15.7. The van der Waals surface area contributed by atoms with Crippen molar-refractivity contribution in [1.82, 2.24) is 10.6 Å². The Hall–Kier alpha value is -0.750. The van der Waals surface area contributed by atoms with Crippen LogP contribution in [-0.4, -0.2) is 42.5 Å². The Morgan fingerprint density at radius 3 is 2.48 bits per heavy atom. The largest absolute Gasteiger partial charge is 0.391 e. The van der Waals surface area contributed by atoms with E-state index in [1.165, 1.54) is 5.56 Å². The summed E-state index contributed by atoms with van der Waals surface area (Å²) in [6, 6.07) is 8.40. The van der Waals surface area contributed by atoms with Gasteiger partial charge in [0.2, 0.25) is 5.91 Å². The molecule has 3 N–H and O–H groups in total. The maximum atomic E-state index is 11.9. The van der Waals surface area contributed by atoms with Gasteiger partial charge in [-0.2, -0.15) is 0 Å². The van der Waals surface area contributed by atoms with Gasteiger partial charge in [-0.1, -0.05) is 32.9 Å². The molecular weight excluding hydrogens is 332 g/mol. The molecule has 0 spiro atoms. The average Bonchev–Trinajstić information content (AvgIpc) is 2.88. The molecule has 2 unspecified atom stereocenters. The predicted octanol–water partition coefficient (Wildman–Crippen LogP) is 2.19.